The molecule has 1 aromatic heterocycles. The summed E-state index contributed by atoms with van der Waals surface area (Å²) in [6.45, 7) is 4.82. The molecule has 0 saturated carbocycles. The Hall–Kier alpha value is -2.01. The van der Waals surface area contributed by atoms with Crippen molar-refractivity contribution in [1.82, 2.24) is 9.97 Å². The molecule has 110 valence electrons. The van der Waals surface area contributed by atoms with Crippen LogP contribution in [0.1, 0.15) is 36.5 Å². The maximum atomic E-state index is 13.1. The van der Waals surface area contributed by atoms with Crippen LogP contribution in [0.25, 0.3) is 0 Å². The number of hydrogen-bond acceptors (Lipinski definition) is 3. The fourth-order valence-corrected chi connectivity index (χ4v) is 2.54. The monoisotopic (exact) mass is 288 g/mol. The van der Waals surface area contributed by atoms with Crippen LogP contribution in [-0.2, 0) is 23.2 Å². The largest absolute Gasteiger partial charge is 0.376 e. The summed E-state index contributed by atoms with van der Waals surface area (Å²) < 4.78 is 18.4. The molecular weight excluding hydrogens is 271 g/mol. The molecule has 0 spiro atoms. The smallest absolute Gasteiger partial charge is 0.256 e. The second kappa shape index (κ2) is 5.07. The minimum Gasteiger partial charge on any atom is -0.376 e. The Kier molecular flexibility index (Phi) is 3.37. The minimum atomic E-state index is -0.500. The second-order valence-electron chi connectivity index (χ2n) is 5.77. The van der Waals surface area contributed by atoms with Crippen LogP contribution < -0.4 is 5.56 Å². The highest BCUT2D eigenvalue weighted by Gasteiger charge is 2.28. The van der Waals surface area contributed by atoms with Crippen molar-refractivity contribution in [3.05, 3.63) is 63.1 Å². The zero-order valence-corrected chi connectivity index (χ0v) is 12.1. The van der Waals surface area contributed by atoms with Gasteiger partial charge >= 0.3 is 0 Å². The van der Waals surface area contributed by atoms with Gasteiger partial charge < -0.3 is 9.72 Å². The Balaban J connectivity index is 2.08. The molecule has 1 aliphatic heterocycles. The quantitative estimate of drug-likeness (QED) is 0.922. The van der Waals surface area contributed by atoms with E-state index in [0.29, 0.717) is 31.0 Å². The van der Waals surface area contributed by atoms with E-state index in [1.807, 2.05) is 13.8 Å². The second-order valence-corrected chi connectivity index (χ2v) is 5.77. The lowest BCUT2D eigenvalue weighted by molar-refractivity contribution is 0.107. The third kappa shape index (κ3) is 2.49. The molecule has 0 aliphatic carbocycles. The van der Waals surface area contributed by atoms with Crippen molar-refractivity contribution in [3.63, 3.8) is 0 Å². The number of aromatic nitrogens is 2. The molecule has 5 heteroatoms. The molecule has 21 heavy (non-hydrogen) atoms. The van der Waals surface area contributed by atoms with E-state index >= 15 is 0 Å². The average Bonchev–Trinajstić information content (AvgIpc) is 2.47. The molecule has 0 unspecified atom stereocenters. The first-order valence-electron chi connectivity index (χ1n) is 6.95. The van der Waals surface area contributed by atoms with E-state index in [9.17, 15) is 9.18 Å². The van der Waals surface area contributed by atoms with Gasteiger partial charge in [-0.1, -0.05) is 12.1 Å². The number of hydrogen-bond donors (Lipinski definition) is 1. The van der Waals surface area contributed by atoms with Crippen LogP contribution in [0.4, 0.5) is 4.39 Å². The van der Waals surface area contributed by atoms with Gasteiger partial charge in [-0.3, -0.25) is 4.79 Å². The van der Waals surface area contributed by atoms with Crippen molar-refractivity contribution in [2.24, 2.45) is 0 Å². The van der Waals surface area contributed by atoms with Crippen molar-refractivity contribution in [2.45, 2.75) is 32.3 Å². The van der Waals surface area contributed by atoms with E-state index in [2.05, 4.69) is 9.97 Å². The Morgan fingerprint density at radius 1 is 1.29 bits per heavy atom. The van der Waals surface area contributed by atoms with Gasteiger partial charge in [0.1, 0.15) is 11.6 Å². The summed E-state index contributed by atoms with van der Waals surface area (Å²) in [5.41, 5.74) is 1.67. The summed E-state index contributed by atoms with van der Waals surface area (Å²) in [6, 6.07) is 6.28. The van der Waals surface area contributed by atoms with Crippen LogP contribution in [0.3, 0.4) is 0 Å². The number of rotatable bonds is 2. The van der Waals surface area contributed by atoms with Crippen LogP contribution in [0.5, 0.6) is 0 Å². The zero-order chi connectivity index (χ0) is 15.0. The maximum absolute atomic E-state index is 13.1. The first kappa shape index (κ1) is 13.9. The van der Waals surface area contributed by atoms with Gasteiger partial charge in [0.2, 0.25) is 0 Å². The number of fused-ring (bicyclic) bond motifs is 1. The van der Waals surface area contributed by atoms with Gasteiger partial charge in [0.15, 0.2) is 0 Å². The molecule has 1 aliphatic rings. The van der Waals surface area contributed by atoms with Gasteiger partial charge in [0, 0.05) is 11.8 Å². The molecule has 0 saturated heterocycles. The van der Waals surface area contributed by atoms with Crippen molar-refractivity contribution in [3.8, 4) is 0 Å². The van der Waals surface area contributed by atoms with Crippen LogP contribution in [0.15, 0.2) is 29.1 Å². The Morgan fingerprint density at radius 2 is 2.00 bits per heavy atom. The van der Waals surface area contributed by atoms with Crippen molar-refractivity contribution in [1.29, 1.82) is 0 Å². The molecule has 4 nitrogen and oxygen atoms in total. The normalized spacial score (nSPS) is 14.8. The lowest BCUT2D eigenvalue weighted by Crippen LogP contribution is -2.31. The number of nitrogens with zero attached hydrogens (tertiary/aromatic N) is 1. The Bertz CT molecular complexity index is 720. The molecule has 0 radical (unpaired) electrons. The standard InChI is InChI=1S/C16H17FN2O2/c1-16(2,10-3-5-11(17)6-4-10)15-18-13-7-8-21-9-12(13)14(20)19-15/h3-6H,7-9H2,1-2H3,(H,18,19,20). The highest BCUT2D eigenvalue weighted by atomic mass is 19.1. The average molecular weight is 288 g/mol. The zero-order valence-electron chi connectivity index (χ0n) is 12.1. The van der Waals surface area contributed by atoms with E-state index in [1.165, 1.54) is 12.1 Å². The van der Waals surface area contributed by atoms with Crippen molar-refractivity contribution < 1.29 is 9.13 Å². The molecule has 0 bridgehead atoms. The lowest BCUT2D eigenvalue weighted by Gasteiger charge is -2.26. The fraction of sp³-hybridized carbons (Fsp3) is 0.375. The summed E-state index contributed by atoms with van der Waals surface area (Å²) in [6.07, 6.45) is 0.645. The van der Waals surface area contributed by atoms with E-state index in [4.69, 9.17) is 4.74 Å². The molecule has 1 N–H and O–H groups in total. The number of nitrogens with one attached hydrogen (secondary N) is 1. The lowest BCUT2D eigenvalue weighted by atomic mass is 9.83. The van der Waals surface area contributed by atoms with Crippen molar-refractivity contribution >= 4 is 0 Å². The van der Waals surface area contributed by atoms with Gasteiger partial charge in [-0.2, -0.15) is 0 Å². The molecule has 2 heterocycles. The van der Waals surface area contributed by atoms with E-state index in [1.54, 1.807) is 12.1 Å². The number of ether oxygens (including phenoxy) is 1. The first-order chi connectivity index (χ1) is 9.98. The van der Waals surface area contributed by atoms with Gasteiger partial charge in [-0.15, -0.1) is 0 Å². The third-order valence-corrected chi connectivity index (χ3v) is 3.99. The maximum Gasteiger partial charge on any atom is 0.256 e. The van der Waals surface area contributed by atoms with Gasteiger partial charge in [0.25, 0.3) is 5.56 Å². The highest BCUT2D eigenvalue weighted by Crippen LogP contribution is 2.29. The SMILES string of the molecule is CC(C)(c1ccc(F)cc1)c1nc2c(c(=O)[nH]1)COCC2. The Morgan fingerprint density at radius 3 is 2.71 bits per heavy atom. The summed E-state index contributed by atoms with van der Waals surface area (Å²) >= 11 is 0. The summed E-state index contributed by atoms with van der Waals surface area (Å²) in [5.74, 6) is 0.318. The van der Waals surface area contributed by atoms with Gasteiger partial charge in [-0.05, 0) is 31.5 Å². The van der Waals surface area contributed by atoms with Crippen molar-refractivity contribution in [2.75, 3.05) is 6.61 Å². The number of H-pyrrole nitrogens is 1. The number of benzene rings is 1. The molecule has 0 atom stereocenters. The third-order valence-electron chi connectivity index (χ3n) is 3.99. The van der Waals surface area contributed by atoms with Crippen LogP contribution in [-0.4, -0.2) is 16.6 Å². The molecule has 0 fully saturated rings. The molecule has 2 aromatic rings. The van der Waals surface area contributed by atoms with Crippen LogP contribution in [0.2, 0.25) is 0 Å². The predicted molar refractivity (Wildman–Crippen MR) is 76.7 cm³/mol. The minimum absolute atomic E-state index is 0.148. The van der Waals surface area contributed by atoms with Crippen LogP contribution >= 0.6 is 0 Å². The fourth-order valence-electron chi connectivity index (χ4n) is 2.54. The van der Waals surface area contributed by atoms with E-state index < -0.39 is 5.41 Å². The first-order valence-corrected chi connectivity index (χ1v) is 6.95. The molecule has 0 amide bonds. The summed E-state index contributed by atoms with van der Waals surface area (Å²) in [4.78, 5) is 19.6. The molecule has 3 rings (SSSR count). The predicted octanol–water partition coefficient (Wildman–Crippen LogP) is 2.31. The van der Waals surface area contributed by atoms with E-state index in [-0.39, 0.29) is 11.4 Å². The van der Waals surface area contributed by atoms with Gasteiger partial charge in [0.05, 0.1) is 24.5 Å². The Labute approximate surface area is 122 Å². The van der Waals surface area contributed by atoms with E-state index in [0.717, 1.165) is 11.3 Å². The topological polar surface area (TPSA) is 55.0 Å². The molecule has 1 aromatic carbocycles. The summed E-state index contributed by atoms with van der Waals surface area (Å²) in [7, 11) is 0. The molecular formula is C16H17FN2O2. The number of aromatic amines is 1. The summed E-state index contributed by atoms with van der Waals surface area (Å²) in [5, 5.41) is 0. The van der Waals surface area contributed by atoms with Crippen LogP contribution in [0, 0.1) is 5.82 Å². The van der Waals surface area contributed by atoms with Gasteiger partial charge in [-0.25, -0.2) is 9.37 Å². The number of halogens is 1. The highest BCUT2D eigenvalue weighted by molar-refractivity contribution is 5.32.